The summed E-state index contributed by atoms with van der Waals surface area (Å²) in [6.07, 6.45) is 1.81. The predicted molar refractivity (Wildman–Crippen MR) is 74.6 cm³/mol. The molecule has 1 aliphatic rings. The fourth-order valence-corrected chi connectivity index (χ4v) is 3.63. The summed E-state index contributed by atoms with van der Waals surface area (Å²) in [6.45, 7) is 1.38. The van der Waals surface area contributed by atoms with Gasteiger partial charge in [0.05, 0.1) is 5.56 Å². The summed E-state index contributed by atoms with van der Waals surface area (Å²) in [5.41, 5.74) is 0.957. The van der Waals surface area contributed by atoms with Crippen LogP contribution in [0.5, 0.6) is 0 Å². The molecule has 1 aromatic carbocycles. The van der Waals surface area contributed by atoms with Crippen LogP contribution < -0.4 is 0 Å². The summed E-state index contributed by atoms with van der Waals surface area (Å²) in [6, 6.07) is 6.24. The molecule has 1 aromatic rings. The van der Waals surface area contributed by atoms with Crippen molar-refractivity contribution in [2.45, 2.75) is 19.4 Å². The van der Waals surface area contributed by atoms with Crippen LogP contribution in [0.15, 0.2) is 24.3 Å². The Balaban J connectivity index is 2.07. The molecule has 0 aromatic heterocycles. The second-order valence-electron chi connectivity index (χ2n) is 4.87. The number of rotatable bonds is 5. The van der Waals surface area contributed by atoms with Crippen molar-refractivity contribution in [2.75, 3.05) is 20.1 Å². The highest BCUT2D eigenvalue weighted by atomic mass is 32.2. The molecule has 0 amide bonds. The molecule has 1 N–H and O–H groups in total. The van der Waals surface area contributed by atoms with Crippen LogP contribution in [0.25, 0.3) is 0 Å². The van der Waals surface area contributed by atoms with Gasteiger partial charge in [-0.25, -0.2) is 4.79 Å². The number of hydrogen-bond acceptors (Lipinski definition) is 3. The number of benzene rings is 1. The third kappa shape index (κ3) is 3.17. The van der Waals surface area contributed by atoms with Crippen LogP contribution in [0.2, 0.25) is 0 Å². The molecule has 0 bridgehead atoms. The molecule has 1 fully saturated rings. The van der Waals surface area contributed by atoms with Crippen molar-refractivity contribution >= 4 is 16.2 Å². The smallest absolute Gasteiger partial charge is 0.335 e. The molecule has 1 aliphatic heterocycles. The summed E-state index contributed by atoms with van der Waals surface area (Å²) in [7, 11) is -1.87. The first-order chi connectivity index (χ1) is 9.41. The summed E-state index contributed by atoms with van der Waals surface area (Å²) >= 11 is 0. The van der Waals surface area contributed by atoms with Gasteiger partial charge in [-0.1, -0.05) is 12.1 Å². The lowest BCUT2D eigenvalue weighted by Gasteiger charge is -2.23. The highest BCUT2D eigenvalue weighted by molar-refractivity contribution is 7.86. The van der Waals surface area contributed by atoms with E-state index in [9.17, 15) is 13.2 Å². The van der Waals surface area contributed by atoms with E-state index in [2.05, 4.69) is 0 Å². The molecule has 0 unspecified atom stereocenters. The molecular weight excluding hydrogens is 280 g/mol. The first-order valence-corrected chi connectivity index (χ1v) is 7.84. The van der Waals surface area contributed by atoms with Gasteiger partial charge in [0.15, 0.2) is 0 Å². The Morgan fingerprint density at radius 3 is 2.30 bits per heavy atom. The van der Waals surface area contributed by atoms with Crippen LogP contribution in [-0.4, -0.2) is 48.2 Å². The van der Waals surface area contributed by atoms with E-state index >= 15 is 0 Å². The molecule has 20 heavy (non-hydrogen) atoms. The summed E-state index contributed by atoms with van der Waals surface area (Å²) in [4.78, 5) is 10.8. The monoisotopic (exact) mass is 298 g/mol. The molecular formula is C13H18N2O4S. The standard InChI is InChI=1S/C13H18N2O4S/c1-14(20(18,19)15-8-2-3-9-15)10-11-4-6-12(7-5-11)13(16)17/h4-7H,2-3,8-10H2,1H3,(H,16,17). The zero-order valence-corrected chi connectivity index (χ0v) is 12.1. The van der Waals surface area contributed by atoms with Crippen LogP contribution >= 0.6 is 0 Å². The average molecular weight is 298 g/mol. The summed E-state index contributed by atoms with van der Waals surface area (Å²) in [5.74, 6) is -0.991. The van der Waals surface area contributed by atoms with E-state index in [0.717, 1.165) is 18.4 Å². The van der Waals surface area contributed by atoms with Crippen LogP contribution in [0.3, 0.4) is 0 Å². The predicted octanol–water partition coefficient (Wildman–Crippen LogP) is 1.16. The van der Waals surface area contributed by atoms with Gasteiger partial charge in [-0.15, -0.1) is 0 Å². The lowest BCUT2D eigenvalue weighted by Crippen LogP contribution is -2.39. The number of nitrogens with zero attached hydrogens (tertiary/aromatic N) is 2. The zero-order chi connectivity index (χ0) is 14.8. The summed E-state index contributed by atoms with van der Waals surface area (Å²) < 4.78 is 27.3. The lowest BCUT2D eigenvalue weighted by atomic mass is 10.1. The van der Waals surface area contributed by atoms with Crippen molar-refractivity contribution in [3.05, 3.63) is 35.4 Å². The SMILES string of the molecule is CN(Cc1ccc(C(=O)O)cc1)S(=O)(=O)N1CCCC1. The minimum atomic E-state index is -3.41. The topological polar surface area (TPSA) is 77.9 Å². The van der Waals surface area contributed by atoms with Crippen molar-refractivity contribution in [3.8, 4) is 0 Å². The van der Waals surface area contributed by atoms with Gasteiger partial charge in [0.2, 0.25) is 0 Å². The van der Waals surface area contributed by atoms with Crippen LogP contribution in [0.4, 0.5) is 0 Å². The third-order valence-electron chi connectivity index (χ3n) is 3.39. The fourth-order valence-electron chi connectivity index (χ4n) is 2.21. The quantitative estimate of drug-likeness (QED) is 0.884. The van der Waals surface area contributed by atoms with Gasteiger partial charge in [-0.2, -0.15) is 17.0 Å². The second kappa shape index (κ2) is 5.90. The Morgan fingerprint density at radius 2 is 1.80 bits per heavy atom. The van der Waals surface area contributed by atoms with Crippen LogP contribution in [-0.2, 0) is 16.8 Å². The minimum absolute atomic E-state index is 0.193. The van der Waals surface area contributed by atoms with E-state index in [1.54, 1.807) is 19.2 Å². The van der Waals surface area contributed by atoms with Gasteiger partial charge in [-0.05, 0) is 30.5 Å². The second-order valence-corrected chi connectivity index (χ2v) is 6.91. The number of carbonyl (C=O) groups is 1. The molecule has 0 aliphatic carbocycles. The zero-order valence-electron chi connectivity index (χ0n) is 11.3. The van der Waals surface area contributed by atoms with E-state index in [0.29, 0.717) is 13.1 Å². The van der Waals surface area contributed by atoms with E-state index in [1.165, 1.54) is 20.7 Å². The Hall–Kier alpha value is -1.44. The maximum absolute atomic E-state index is 12.3. The van der Waals surface area contributed by atoms with E-state index < -0.39 is 16.2 Å². The van der Waals surface area contributed by atoms with Crippen molar-refractivity contribution in [2.24, 2.45) is 0 Å². The largest absolute Gasteiger partial charge is 0.478 e. The van der Waals surface area contributed by atoms with Gasteiger partial charge in [0.1, 0.15) is 0 Å². The van der Waals surface area contributed by atoms with Gasteiger partial charge >= 0.3 is 5.97 Å². The first-order valence-electron chi connectivity index (χ1n) is 6.45. The summed E-state index contributed by atoms with van der Waals surface area (Å²) in [5, 5.41) is 8.82. The van der Waals surface area contributed by atoms with Gasteiger partial charge in [0, 0.05) is 26.7 Å². The van der Waals surface area contributed by atoms with Crippen molar-refractivity contribution < 1.29 is 18.3 Å². The fraction of sp³-hybridized carbons (Fsp3) is 0.462. The molecule has 0 radical (unpaired) electrons. The van der Waals surface area contributed by atoms with E-state index in [1.807, 2.05) is 0 Å². The molecule has 0 saturated carbocycles. The number of carboxylic acids is 1. The molecule has 1 heterocycles. The van der Waals surface area contributed by atoms with Gasteiger partial charge in [-0.3, -0.25) is 0 Å². The normalized spacial score (nSPS) is 16.7. The third-order valence-corrected chi connectivity index (χ3v) is 5.33. The average Bonchev–Trinajstić information content (AvgIpc) is 2.93. The van der Waals surface area contributed by atoms with E-state index in [-0.39, 0.29) is 12.1 Å². The Kier molecular flexibility index (Phi) is 4.42. The molecule has 7 heteroatoms. The van der Waals surface area contributed by atoms with Crippen LogP contribution in [0, 0.1) is 0 Å². The Morgan fingerprint density at radius 1 is 1.25 bits per heavy atom. The van der Waals surface area contributed by atoms with Crippen molar-refractivity contribution in [1.29, 1.82) is 0 Å². The number of hydrogen-bond donors (Lipinski definition) is 1. The Bertz CT molecular complexity index is 577. The molecule has 6 nitrogen and oxygen atoms in total. The lowest BCUT2D eigenvalue weighted by molar-refractivity contribution is 0.0697. The molecule has 1 saturated heterocycles. The number of aromatic carboxylic acids is 1. The maximum Gasteiger partial charge on any atom is 0.335 e. The number of carboxylic acid groups (broad SMARTS) is 1. The molecule has 110 valence electrons. The van der Waals surface area contributed by atoms with Gasteiger partial charge < -0.3 is 5.11 Å². The highest BCUT2D eigenvalue weighted by Gasteiger charge is 2.29. The van der Waals surface area contributed by atoms with Crippen molar-refractivity contribution in [1.82, 2.24) is 8.61 Å². The highest BCUT2D eigenvalue weighted by Crippen LogP contribution is 2.17. The van der Waals surface area contributed by atoms with E-state index in [4.69, 9.17) is 5.11 Å². The Labute approximate surface area is 118 Å². The van der Waals surface area contributed by atoms with Crippen molar-refractivity contribution in [3.63, 3.8) is 0 Å². The maximum atomic E-state index is 12.3. The van der Waals surface area contributed by atoms with Crippen LogP contribution in [0.1, 0.15) is 28.8 Å². The van der Waals surface area contributed by atoms with Gasteiger partial charge in [0.25, 0.3) is 10.2 Å². The molecule has 0 atom stereocenters. The first kappa shape index (κ1) is 15.0. The molecule has 2 rings (SSSR count). The minimum Gasteiger partial charge on any atom is -0.478 e. The molecule has 0 spiro atoms.